The van der Waals surface area contributed by atoms with Crippen molar-refractivity contribution in [3.8, 4) is 5.75 Å². The van der Waals surface area contributed by atoms with Crippen LogP contribution in [0, 0.1) is 5.82 Å². The Morgan fingerprint density at radius 2 is 2.11 bits per heavy atom. The third-order valence-electron chi connectivity index (χ3n) is 2.24. The molecule has 0 aliphatic carbocycles. The van der Waals surface area contributed by atoms with Crippen LogP contribution in [0.15, 0.2) is 18.2 Å². The molecule has 1 aromatic rings. The average Bonchev–Trinajstić information content (AvgIpc) is 2.32. The second-order valence-electron chi connectivity index (χ2n) is 3.75. The molecule has 7 heteroatoms. The fourth-order valence-electron chi connectivity index (χ4n) is 1.39. The van der Waals surface area contributed by atoms with Crippen LogP contribution in [0.4, 0.5) is 18.9 Å². The fraction of sp³-hybridized carbons (Fsp3) is 0.417. The standard InChI is InChI=1S/C12H14F3NO3/c13-9-7-8(4-5-10(9)19-12(14)15)16-11(18)3-1-2-6-17/h4-5,7,12,17H,1-3,6H2,(H,16,18). The van der Waals surface area contributed by atoms with Crippen LogP contribution in [0.3, 0.4) is 0 Å². The molecule has 0 saturated heterocycles. The maximum Gasteiger partial charge on any atom is 0.387 e. The fourth-order valence-corrected chi connectivity index (χ4v) is 1.39. The Hall–Kier alpha value is -1.76. The van der Waals surface area contributed by atoms with Crippen molar-refractivity contribution in [2.45, 2.75) is 25.9 Å². The van der Waals surface area contributed by atoms with Gasteiger partial charge in [-0.05, 0) is 25.0 Å². The molecule has 0 spiro atoms. The predicted molar refractivity (Wildman–Crippen MR) is 62.6 cm³/mol. The van der Waals surface area contributed by atoms with E-state index in [1.54, 1.807) is 0 Å². The van der Waals surface area contributed by atoms with Gasteiger partial charge in [-0.1, -0.05) is 0 Å². The van der Waals surface area contributed by atoms with E-state index in [1.807, 2.05) is 0 Å². The summed E-state index contributed by atoms with van der Waals surface area (Å²) in [7, 11) is 0. The summed E-state index contributed by atoms with van der Waals surface area (Å²) in [5.74, 6) is -1.89. The summed E-state index contributed by atoms with van der Waals surface area (Å²) in [5, 5.41) is 11.0. The summed E-state index contributed by atoms with van der Waals surface area (Å²) in [5.41, 5.74) is 0.160. The van der Waals surface area contributed by atoms with Crippen molar-refractivity contribution in [2.24, 2.45) is 0 Å². The normalized spacial score (nSPS) is 10.6. The van der Waals surface area contributed by atoms with Crippen LogP contribution in [-0.2, 0) is 4.79 Å². The van der Waals surface area contributed by atoms with Crippen LogP contribution in [-0.4, -0.2) is 24.2 Å². The van der Waals surface area contributed by atoms with Gasteiger partial charge in [0.25, 0.3) is 0 Å². The lowest BCUT2D eigenvalue weighted by Crippen LogP contribution is -2.12. The van der Waals surface area contributed by atoms with Gasteiger partial charge in [-0.15, -0.1) is 0 Å². The molecule has 1 rings (SSSR count). The lowest BCUT2D eigenvalue weighted by molar-refractivity contribution is -0.116. The smallest absolute Gasteiger partial charge is 0.387 e. The van der Waals surface area contributed by atoms with Gasteiger partial charge in [0, 0.05) is 24.8 Å². The van der Waals surface area contributed by atoms with Gasteiger partial charge < -0.3 is 15.2 Å². The first kappa shape index (κ1) is 15.3. The molecule has 0 heterocycles. The van der Waals surface area contributed by atoms with Gasteiger partial charge in [-0.2, -0.15) is 8.78 Å². The van der Waals surface area contributed by atoms with Crippen LogP contribution in [0.5, 0.6) is 5.75 Å². The Morgan fingerprint density at radius 1 is 1.37 bits per heavy atom. The molecule has 4 nitrogen and oxygen atoms in total. The van der Waals surface area contributed by atoms with Gasteiger partial charge >= 0.3 is 6.61 Å². The quantitative estimate of drug-likeness (QED) is 0.753. The predicted octanol–water partition coefficient (Wildman–Crippen LogP) is 2.53. The highest BCUT2D eigenvalue weighted by Crippen LogP contribution is 2.22. The number of benzene rings is 1. The van der Waals surface area contributed by atoms with Gasteiger partial charge in [0.1, 0.15) is 0 Å². The van der Waals surface area contributed by atoms with Gasteiger partial charge in [0.15, 0.2) is 11.6 Å². The van der Waals surface area contributed by atoms with Crippen molar-refractivity contribution < 1.29 is 27.8 Å². The first-order chi connectivity index (χ1) is 9.02. The Bertz CT molecular complexity index is 427. The Kier molecular flexibility index (Phi) is 6.14. The lowest BCUT2D eigenvalue weighted by atomic mass is 10.2. The molecule has 106 valence electrons. The van der Waals surface area contributed by atoms with E-state index in [-0.39, 0.29) is 24.6 Å². The van der Waals surface area contributed by atoms with Gasteiger partial charge in [0.2, 0.25) is 5.91 Å². The molecule has 0 bridgehead atoms. The highest BCUT2D eigenvalue weighted by Gasteiger charge is 2.11. The molecule has 0 atom stereocenters. The second kappa shape index (κ2) is 7.63. The zero-order chi connectivity index (χ0) is 14.3. The van der Waals surface area contributed by atoms with Crippen LogP contribution in [0.1, 0.15) is 19.3 Å². The second-order valence-corrected chi connectivity index (χ2v) is 3.75. The summed E-state index contributed by atoms with van der Waals surface area (Å²) in [6, 6.07) is 3.19. The van der Waals surface area contributed by atoms with E-state index in [1.165, 1.54) is 6.07 Å². The lowest BCUT2D eigenvalue weighted by Gasteiger charge is -2.08. The molecule has 1 aromatic carbocycles. The Balaban J connectivity index is 2.55. The van der Waals surface area contributed by atoms with E-state index in [0.717, 1.165) is 12.1 Å². The number of halogens is 3. The van der Waals surface area contributed by atoms with Crippen molar-refractivity contribution >= 4 is 11.6 Å². The van der Waals surface area contributed by atoms with Crippen molar-refractivity contribution in [2.75, 3.05) is 11.9 Å². The molecule has 0 saturated carbocycles. The Morgan fingerprint density at radius 3 is 2.68 bits per heavy atom. The molecule has 0 aliphatic rings. The molecule has 19 heavy (non-hydrogen) atoms. The SMILES string of the molecule is O=C(CCCCO)Nc1ccc(OC(F)F)c(F)c1. The number of carbonyl (C=O) groups excluding carboxylic acids is 1. The van der Waals surface area contributed by atoms with E-state index >= 15 is 0 Å². The number of carbonyl (C=O) groups is 1. The summed E-state index contributed by atoms with van der Waals surface area (Å²) in [6.07, 6.45) is 1.21. The highest BCUT2D eigenvalue weighted by molar-refractivity contribution is 5.90. The number of aliphatic hydroxyl groups is 1. The van der Waals surface area contributed by atoms with E-state index in [0.29, 0.717) is 12.8 Å². The first-order valence-corrected chi connectivity index (χ1v) is 5.68. The highest BCUT2D eigenvalue weighted by atomic mass is 19.3. The van der Waals surface area contributed by atoms with Crippen LogP contribution in [0.25, 0.3) is 0 Å². The maximum absolute atomic E-state index is 13.3. The topological polar surface area (TPSA) is 58.6 Å². The van der Waals surface area contributed by atoms with Gasteiger partial charge in [-0.25, -0.2) is 4.39 Å². The average molecular weight is 277 g/mol. The molecule has 0 aliphatic heterocycles. The van der Waals surface area contributed by atoms with Crippen LogP contribution < -0.4 is 10.1 Å². The number of hydrogen-bond donors (Lipinski definition) is 2. The summed E-state index contributed by atoms with van der Waals surface area (Å²) in [4.78, 5) is 11.4. The number of amides is 1. The van der Waals surface area contributed by atoms with Crippen LogP contribution >= 0.6 is 0 Å². The van der Waals surface area contributed by atoms with Crippen molar-refractivity contribution in [1.82, 2.24) is 0 Å². The maximum atomic E-state index is 13.3. The van der Waals surface area contributed by atoms with E-state index in [2.05, 4.69) is 10.1 Å². The summed E-state index contributed by atoms with van der Waals surface area (Å²) >= 11 is 0. The van der Waals surface area contributed by atoms with E-state index < -0.39 is 18.2 Å². The van der Waals surface area contributed by atoms with Gasteiger partial charge in [0.05, 0.1) is 0 Å². The minimum Gasteiger partial charge on any atom is -0.432 e. The molecule has 1 amide bonds. The van der Waals surface area contributed by atoms with Crippen molar-refractivity contribution in [1.29, 1.82) is 0 Å². The Labute approximate surface area is 108 Å². The molecule has 0 unspecified atom stereocenters. The van der Waals surface area contributed by atoms with Gasteiger partial charge in [-0.3, -0.25) is 4.79 Å². The van der Waals surface area contributed by atoms with E-state index in [9.17, 15) is 18.0 Å². The molecule has 2 N–H and O–H groups in total. The molecular formula is C12H14F3NO3. The molecule has 0 fully saturated rings. The van der Waals surface area contributed by atoms with Crippen LogP contribution in [0.2, 0.25) is 0 Å². The number of ether oxygens (including phenoxy) is 1. The van der Waals surface area contributed by atoms with Crippen molar-refractivity contribution in [3.05, 3.63) is 24.0 Å². The minimum atomic E-state index is -3.10. The zero-order valence-electron chi connectivity index (χ0n) is 10.0. The largest absolute Gasteiger partial charge is 0.432 e. The first-order valence-electron chi connectivity index (χ1n) is 5.68. The zero-order valence-corrected chi connectivity index (χ0v) is 10.0. The summed E-state index contributed by atoms with van der Waals surface area (Å²) < 4.78 is 41.1. The molecule has 0 aromatic heterocycles. The number of alkyl halides is 2. The third kappa shape index (κ3) is 5.60. The number of hydrogen-bond acceptors (Lipinski definition) is 3. The number of rotatable bonds is 7. The molecule has 0 radical (unpaired) electrons. The third-order valence-corrected chi connectivity index (χ3v) is 2.24. The number of nitrogens with one attached hydrogen (secondary N) is 1. The number of aliphatic hydroxyl groups excluding tert-OH is 1. The summed E-state index contributed by atoms with van der Waals surface area (Å²) in [6.45, 7) is -3.10. The van der Waals surface area contributed by atoms with E-state index in [4.69, 9.17) is 5.11 Å². The minimum absolute atomic E-state index is 0.00156. The number of unbranched alkanes of at least 4 members (excludes halogenated alkanes) is 1. The molecular weight excluding hydrogens is 263 g/mol. The monoisotopic (exact) mass is 277 g/mol. The number of anilines is 1. The van der Waals surface area contributed by atoms with Crippen molar-refractivity contribution in [3.63, 3.8) is 0 Å².